The number of hydrogen-bond donors (Lipinski definition) is 2. The van der Waals surface area contributed by atoms with Crippen LogP contribution >= 0.6 is 11.6 Å². The molecule has 1 rings (SSSR count). The molecule has 0 aliphatic rings. The number of rotatable bonds is 7. The maximum absolute atomic E-state index is 8.72. The van der Waals surface area contributed by atoms with Crippen LogP contribution in [0.3, 0.4) is 0 Å². The summed E-state index contributed by atoms with van der Waals surface area (Å²) in [6, 6.07) is 5.51. The minimum Gasteiger partial charge on any atom is -0.491 e. The van der Waals surface area contributed by atoms with E-state index in [9.17, 15) is 0 Å². The Kier molecular flexibility index (Phi) is 6.23. The average Bonchev–Trinajstić information content (AvgIpc) is 2.28. The van der Waals surface area contributed by atoms with Crippen LogP contribution < -0.4 is 10.1 Å². The smallest absolute Gasteiger partial charge is 0.124 e. The fourth-order valence-electron chi connectivity index (χ4n) is 1.38. The lowest BCUT2D eigenvalue weighted by Gasteiger charge is -2.11. The standard InChI is InChI=1S/C12H18ClNO2/c1-2-5-14-9-10-8-11(13)3-4-12(10)16-7-6-15/h3-4,8,14-15H,2,5-7,9H2,1H3. The molecule has 3 nitrogen and oxygen atoms in total. The number of halogens is 1. The van der Waals surface area contributed by atoms with Crippen molar-refractivity contribution in [1.29, 1.82) is 0 Å². The van der Waals surface area contributed by atoms with Gasteiger partial charge in [-0.25, -0.2) is 0 Å². The van der Waals surface area contributed by atoms with Crippen LogP contribution in [0.5, 0.6) is 5.75 Å². The summed E-state index contributed by atoms with van der Waals surface area (Å²) < 4.78 is 5.42. The summed E-state index contributed by atoms with van der Waals surface area (Å²) in [4.78, 5) is 0. The molecule has 0 amide bonds. The highest BCUT2D eigenvalue weighted by molar-refractivity contribution is 6.30. The lowest BCUT2D eigenvalue weighted by atomic mass is 10.2. The third-order valence-electron chi connectivity index (χ3n) is 2.11. The van der Waals surface area contributed by atoms with Crippen LogP contribution in [0.4, 0.5) is 0 Å². The van der Waals surface area contributed by atoms with Crippen LogP contribution in [0.2, 0.25) is 5.02 Å². The first-order chi connectivity index (χ1) is 7.77. The monoisotopic (exact) mass is 243 g/mol. The summed E-state index contributed by atoms with van der Waals surface area (Å²) in [6.07, 6.45) is 1.09. The third kappa shape index (κ3) is 4.39. The normalized spacial score (nSPS) is 10.4. The van der Waals surface area contributed by atoms with Gasteiger partial charge in [-0.1, -0.05) is 18.5 Å². The van der Waals surface area contributed by atoms with Crippen LogP contribution in [0.15, 0.2) is 18.2 Å². The van der Waals surface area contributed by atoms with E-state index < -0.39 is 0 Å². The second-order valence-electron chi connectivity index (χ2n) is 3.50. The molecule has 0 aliphatic carbocycles. The van der Waals surface area contributed by atoms with Crippen molar-refractivity contribution in [3.05, 3.63) is 28.8 Å². The maximum atomic E-state index is 8.72. The second-order valence-corrected chi connectivity index (χ2v) is 3.94. The number of aliphatic hydroxyl groups excluding tert-OH is 1. The number of hydrogen-bond acceptors (Lipinski definition) is 3. The average molecular weight is 244 g/mol. The first kappa shape index (κ1) is 13.3. The van der Waals surface area contributed by atoms with Gasteiger partial charge in [0.2, 0.25) is 0 Å². The molecule has 1 aromatic carbocycles. The van der Waals surface area contributed by atoms with E-state index in [1.807, 2.05) is 12.1 Å². The largest absolute Gasteiger partial charge is 0.491 e. The van der Waals surface area contributed by atoms with E-state index in [1.54, 1.807) is 6.07 Å². The van der Waals surface area contributed by atoms with Gasteiger partial charge in [-0.2, -0.15) is 0 Å². The maximum Gasteiger partial charge on any atom is 0.124 e. The van der Waals surface area contributed by atoms with Crippen molar-refractivity contribution >= 4 is 11.6 Å². The van der Waals surface area contributed by atoms with Crippen LogP contribution in [0, 0.1) is 0 Å². The zero-order valence-electron chi connectivity index (χ0n) is 9.50. The minimum absolute atomic E-state index is 0.0183. The molecule has 0 saturated heterocycles. The first-order valence-electron chi connectivity index (χ1n) is 5.50. The van der Waals surface area contributed by atoms with Crippen LogP contribution in [0.25, 0.3) is 0 Å². The summed E-state index contributed by atoms with van der Waals surface area (Å²) in [6.45, 7) is 4.14. The van der Waals surface area contributed by atoms with Gasteiger partial charge in [0.25, 0.3) is 0 Å². The van der Waals surface area contributed by atoms with Gasteiger partial charge in [0, 0.05) is 17.1 Å². The molecule has 4 heteroatoms. The van der Waals surface area contributed by atoms with Gasteiger partial charge < -0.3 is 15.2 Å². The van der Waals surface area contributed by atoms with Crippen molar-refractivity contribution in [2.75, 3.05) is 19.8 Å². The number of benzene rings is 1. The van der Waals surface area contributed by atoms with E-state index in [1.165, 1.54) is 0 Å². The molecule has 0 saturated carbocycles. The fraction of sp³-hybridized carbons (Fsp3) is 0.500. The van der Waals surface area contributed by atoms with Gasteiger partial charge >= 0.3 is 0 Å². The Morgan fingerprint density at radius 1 is 1.44 bits per heavy atom. The van der Waals surface area contributed by atoms with Crippen molar-refractivity contribution in [2.24, 2.45) is 0 Å². The number of aliphatic hydroxyl groups is 1. The highest BCUT2D eigenvalue weighted by atomic mass is 35.5. The first-order valence-corrected chi connectivity index (χ1v) is 5.88. The van der Waals surface area contributed by atoms with Gasteiger partial charge in [0.15, 0.2) is 0 Å². The van der Waals surface area contributed by atoms with Crippen molar-refractivity contribution < 1.29 is 9.84 Å². The molecule has 90 valence electrons. The molecule has 0 radical (unpaired) electrons. The summed E-state index contributed by atoms with van der Waals surface area (Å²) in [7, 11) is 0. The van der Waals surface area contributed by atoms with Crippen LogP contribution in [-0.2, 0) is 6.54 Å². The Morgan fingerprint density at radius 2 is 2.25 bits per heavy atom. The fourth-order valence-corrected chi connectivity index (χ4v) is 1.58. The predicted molar refractivity (Wildman–Crippen MR) is 66.0 cm³/mol. The molecule has 0 aromatic heterocycles. The SMILES string of the molecule is CCCNCc1cc(Cl)ccc1OCCO. The van der Waals surface area contributed by atoms with E-state index in [2.05, 4.69) is 12.2 Å². The van der Waals surface area contributed by atoms with E-state index in [-0.39, 0.29) is 6.61 Å². The highest BCUT2D eigenvalue weighted by Gasteiger charge is 2.04. The van der Waals surface area contributed by atoms with Gasteiger partial charge in [-0.3, -0.25) is 0 Å². The lowest BCUT2D eigenvalue weighted by Crippen LogP contribution is -2.15. The number of ether oxygens (including phenoxy) is 1. The van der Waals surface area contributed by atoms with Gasteiger partial charge in [0.05, 0.1) is 6.61 Å². The molecule has 0 atom stereocenters. The Hall–Kier alpha value is -0.770. The van der Waals surface area contributed by atoms with Gasteiger partial charge in [-0.05, 0) is 31.2 Å². The summed E-state index contributed by atoms with van der Waals surface area (Å²) in [5.41, 5.74) is 1.02. The summed E-state index contributed by atoms with van der Waals surface area (Å²) >= 11 is 5.93. The Balaban J connectivity index is 2.65. The molecule has 16 heavy (non-hydrogen) atoms. The van der Waals surface area contributed by atoms with E-state index >= 15 is 0 Å². The van der Waals surface area contributed by atoms with Crippen LogP contribution in [0.1, 0.15) is 18.9 Å². The quantitative estimate of drug-likeness (QED) is 0.722. The van der Waals surface area contributed by atoms with E-state index in [0.29, 0.717) is 11.6 Å². The summed E-state index contributed by atoms with van der Waals surface area (Å²) in [5.74, 6) is 0.780. The molecule has 0 bridgehead atoms. The van der Waals surface area contributed by atoms with E-state index in [4.69, 9.17) is 21.4 Å². The second kappa shape index (κ2) is 7.49. The Bertz CT molecular complexity index is 318. The van der Waals surface area contributed by atoms with Crippen molar-refractivity contribution in [2.45, 2.75) is 19.9 Å². The lowest BCUT2D eigenvalue weighted by molar-refractivity contribution is 0.200. The van der Waals surface area contributed by atoms with Crippen molar-refractivity contribution in [1.82, 2.24) is 5.32 Å². The topological polar surface area (TPSA) is 41.5 Å². The molecule has 0 fully saturated rings. The van der Waals surface area contributed by atoms with E-state index in [0.717, 1.165) is 30.8 Å². The Labute approximate surface area is 101 Å². The molecular formula is C12H18ClNO2. The Morgan fingerprint density at radius 3 is 2.94 bits per heavy atom. The molecule has 2 N–H and O–H groups in total. The molecular weight excluding hydrogens is 226 g/mol. The third-order valence-corrected chi connectivity index (χ3v) is 2.35. The van der Waals surface area contributed by atoms with Crippen molar-refractivity contribution in [3.63, 3.8) is 0 Å². The van der Waals surface area contributed by atoms with Gasteiger partial charge in [-0.15, -0.1) is 0 Å². The molecule has 0 unspecified atom stereocenters. The summed E-state index contributed by atoms with van der Waals surface area (Å²) in [5, 5.41) is 12.7. The number of nitrogens with one attached hydrogen (secondary N) is 1. The zero-order valence-corrected chi connectivity index (χ0v) is 10.3. The zero-order chi connectivity index (χ0) is 11.8. The van der Waals surface area contributed by atoms with Crippen LogP contribution in [-0.4, -0.2) is 24.9 Å². The molecule has 1 aromatic rings. The van der Waals surface area contributed by atoms with Gasteiger partial charge in [0.1, 0.15) is 12.4 Å². The van der Waals surface area contributed by atoms with Crippen molar-refractivity contribution in [3.8, 4) is 5.75 Å². The highest BCUT2D eigenvalue weighted by Crippen LogP contribution is 2.22. The molecule has 0 spiro atoms. The molecule has 0 heterocycles. The predicted octanol–water partition coefficient (Wildman–Crippen LogP) is 2.21. The minimum atomic E-state index is 0.0183. The molecule has 0 aliphatic heterocycles.